The number of aromatic nitrogens is 1. The molecule has 2 aromatic rings. The number of hydrogen-bond donors (Lipinski definition) is 3. The fourth-order valence-electron chi connectivity index (χ4n) is 8.74. The molecule has 18 heteroatoms. The Morgan fingerprint density at radius 3 is 2.55 bits per heavy atom. The summed E-state index contributed by atoms with van der Waals surface area (Å²) >= 11 is 0. The zero-order valence-corrected chi connectivity index (χ0v) is 37.3. The molecule has 3 N–H and O–H groups in total. The SMILES string of the molecule is CC[C@@H]1C[C@@H](C)CC/C=C\[C@@H]2C[C@@]2(C(=O)NS(=O)(=O)C2(C)CC2)NC(=O)[C@@H]2C[C@@H](Oc3nc4c(c5cc(OC)ccc35)CCCO4)CN2C(=O)[C@H]1NC(=O)OC(C)(C)C(C)(F)F. The Labute approximate surface area is 361 Å². The molecule has 7 atom stereocenters. The lowest BCUT2D eigenvalue weighted by atomic mass is 9.85. The summed E-state index contributed by atoms with van der Waals surface area (Å²) in [4.78, 5) is 63.5. The molecule has 7 rings (SSSR count). The monoisotopic (exact) mass is 887 g/mol. The predicted molar refractivity (Wildman–Crippen MR) is 224 cm³/mol. The van der Waals surface area contributed by atoms with Gasteiger partial charge in [0, 0.05) is 30.2 Å². The van der Waals surface area contributed by atoms with Crippen LogP contribution in [0, 0.1) is 17.8 Å². The third-order valence-electron chi connectivity index (χ3n) is 13.6. The third kappa shape index (κ3) is 8.89. The van der Waals surface area contributed by atoms with Gasteiger partial charge in [0.25, 0.3) is 11.8 Å². The third-order valence-corrected chi connectivity index (χ3v) is 15.8. The van der Waals surface area contributed by atoms with Crippen molar-refractivity contribution < 1.29 is 55.3 Å². The number of aryl methyl sites for hydroxylation is 1. The van der Waals surface area contributed by atoms with Crippen molar-refractivity contribution in [1.82, 2.24) is 25.2 Å². The Morgan fingerprint density at radius 2 is 1.87 bits per heavy atom. The molecule has 4 heterocycles. The number of halogens is 2. The summed E-state index contributed by atoms with van der Waals surface area (Å²) in [5, 5.41) is 6.95. The second-order valence-electron chi connectivity index (χ2n) is 18.6. The standard InChI is InChI=1S/C44H59F2N5O10S/c1-8-26-20-25(2)12-9-10-13-27-23-44(27,39(54)50-62(56,57)42(5)17-18-42)49-35(52)33-22-29(24-51(33)38(53)34(26)47-40(55)61-41(3,4)43(6,45)46)60-37-31-16-15-28(58-7)21-32(31)30-14-11-19-59-36(30)48-37/h10,13,15-16,21,25-27,29,33-34H,8-9,11-12,14,17-20,22-24H2,1-7H3,(H,47,55)(H,49,52)(H,50,54)/b13-10-/t25-,26+,27+,29+,33-,34-,44+/m0/s1. The van der Waals surface area contributed by atoms with Gasteiger partial charge in [-0.05, 0) is 108 Å². The van der Waals surface area contributed by atoms with Gasteiger partial charge in [0.2, 0.25) is 33.6 Å². The van der Waals surface area contributed by atoms with Crippen LogP contribution in [0.25, 0.3) is 10.8 Å². The van der Waals surface area contributed by atoms with E-state index in [1.165, 1.54) is 4.90 Å². The van der Waals surface area contributed by atoms with Crippen LogP contribution < -0.4 is 29.6 Å². The molecule has 0 bridgehead atoms. The van der Waals surface area contributed by atoms with Crippen LogP contribution in [0.5, 0.6) is 17.5 Å². The zero-order valence-electron chi connectivity index (χ0n) is 36.5. The highest BCUT2D eigenvalue weighted by Crippen LogP contribution is 2.48. The molecule has 2 saturated carbocycles. The van der Waals surface area contributed by atoms with E-state index in [0.29, 0.717) is 75.5 Å². The van der Waals surface area contributed by atoms with Gasteiger partial charge in [-0.15, -0.1) is 0 Å². The zero-order chi connectivity index (χ0) is 45.0. The number of sulfonamides is 1. The minimum atomic E-state index is -4.07. The average molecular weight is 888 g/mol. The fourth-order valence-corrected chi connectivity index (χ4v) is 10.1. The second-order valence-corrected chi connectivity index (χ2v) is 20.8. The second kappa shape index (κ2) is 16.8. The number of amides is 4. The lowest BCUT2D eigenvalue weighted by Crippen LogP contribution is -2.60. The van der Waals surface area contributed by atoms with E-state index < -0.39 is 85.7 Å². The van der Waals surface area contributed by atoms with Gasteiger partial charge in [0.05, 0.1) is 25.0 Å². The number of hydrogen-bond acceptors (Lipinski definition) is 11. The number of methoxy groups -OCH3 is 1. The molecule has 2 aliphatic carbocycles. The van der Waals surface area contributed by atoms with E-state index >= 15 is 4.79 Å². The Kier molecular flexibility index (Phi) is 12.2. The molecule has 340 valence electrons. The number of allylic oxidation sites excluding steroid dienone is 1. The van der Waals surface area contributed by atoms with Crippen LogP contribution in [0.15, 0.2) is 30.4 Å². The maximum atomic E-state index is 15.1. The van der Waals surface area contributed by atoms with E-state index in [4.69, 9.17) is 23.9 Å². The van der Waals surface area contributed by atoms with Gasteiger partial charge in [-0.1, -0.05) is 32.4 Å². The summed E-state index contributed by atoms with van der Waals surface area (Å²) in [7, 11) is -2.50. The molecule has 1 aromatic heterocycles. The Morgan fingerprint density at radius 1 is 1.13 bits per heavy atom. The summed E-state index contributed by atoms with van der Waals surface area (Å²) in [6.45, 7) is 8.51. The molecule has 0 unspecified atom stereocenters. The molecule has 3 aliphatic heterocycles. The van der Waals surface area contributed by atoms with Gasteiger partial charge < -0.3 is 34.5 Å². The van der Waals surface area contributed by atoms with Gasteiger partial charge in [0.1, 0.15) is 29.5 Å². The molecule has 4 amide bonds. The number of benzene rings is 1. The number of pyridine rings is 1. The molecule has 0 radical (unpaired) electrons. The van der Waals surface area contributed by atoms with Gasteiger partial charge in [-0.25, -0.2) is 22.0 Å². The van der Waals surface area contributed by atoms with Crippen molar-refractivity contribution in [2.24, 2.45) is 17.8 Å². The first-order valence-electron chi connectivity index (χ1n) is 21.7. The predicted octanol–water partition coefficient (Wildman–Crippen LogP) is 5.72. The molecule has 3 fully saturated rings. The highest BCUT2D eigenvalue weighted by Gasteiger charge is 2.63. The first-order chi connectivity index (χ1) is 29.1. The van der Waals surface area contributed by atoms with Gasteiger partial charge in [-0.2, -0.15) is 4.98 Å². The van der Waals surface area contributed by atoms with E-state index in [0.717, 1.165) is 31.2 Å². The van der Waals surface area contributed by atoms with E-state index in [1.807, 2.05) is 38.1 Å². The summed E-state index contributed by atoms with van der Waals surface area (Å²) in [6, 6.07) is 2.87. The maximum Gasteiger partial charge on any atom is 0.408 e. The minimum Gasteiger partial charge on any atom is -0.497 e. The topological polar surface area (TPSA) is 192 Å². The van der Waals surface area contributed by atoms with Crippen LogP contribution in [0.3, 0.4) is 0 Å². The van der Waals surface area contributed by atoms with E-state index in [1.54, 1.807) is 20.1 Å². The van der Waals surface area contributed by atoms with Crippen molar-refractivity contribution in [3.63, 3.8) is 0 Å². The molecular formula is C44H59F2N5O10S. The Hall–Kier alpha value is -4.74. The van der Waals surface area contributed by atoms with Gasteiger partial charge in [0.15, 0.2) is 5.60 Å². The number of nitrogens with one attached hydrogen (secondary N) is 3. The number of carbonyl (C=O) groups excluding carboxylic acids is 4. The van der Waals surface area contributed by atoms with Crippen LogP contribution in [-0.2, 0) is 35.6 Å². The van der Waals surface area contributed by atoms with Crippen LogP contribution >= 0.6 is 0 Å². The van der Waals surface area contributed by atoms with Crippen LogP contribution in [0.1, 0.15) is 105 Å². The number of ether oxygens (including phenoxy) is 4. The van der Waals surface area contributed by atoms with Crippen molar-refractivity contribution in [2.75, 3.05) is 20.3 Å². The maximum absolute atomic E-state index is 15.1. The largest absolute Gasteiger partial charge is 0.497 e. The van der Waals surface area contributed by atoms with Crippen LogP contribution in [0.4, 0.5) is 13.6 Å². The minimum absolute atomic E-state index is 0.0189. The van der Waals surface area contributed by atoms with Gasteiger partial charge >= 0.3 is 6.09 Å². The number of alkyl halides is 2. The first-order valence-corrected chi connectivity index (χ1v) is 23.1. The normalized spacial score (nSPS) is 29.3. The van der Waals surface area contributed by atoms with Crippen LogP contribution in [0.2, 0.25) is 0 Å². The number of carbonyl (C=O) groups is 4. The fraction of sp³-hybridized carbons (Fsp3) is 0.659. The van der Waals surface area contributed by atoms with E-state index in [2.05, 4.69) is 15.4 Å². The first kappa shape index (κ1) is 45.3. The van der Waals surface area contributed by atoms with E-state index in [9.17, 15) is 31.6 Å². The molecule has 1 aromatic carbocycles. The molecule has 15 nitrogen and oxygen atoms in total. The molecule has 5 aliphatic rings. The molecular weight excluding hydrogens is 829 g/mol. The molecule has 0 spiro atoms. The highest BCUT2D eigenvalue weighted by molar-refractivity contribution is 7.91. The number of rotatable bonds is 10. The molecule has 1 saturated heterocycles. The lowest BCUT2D eigenvalue weighted by molar-refractivity contribution is -0.152. The van der Waals surface area contributed by atoms with Gasteiger partial charge in [-0.3, -0.25) is 19.1 Å². The van der Waals surface area contributed by atoms with Crippen LogP contribution in [-0.4, -0.2) is 102 Å². The summed E-state index contributed by atoms with van der Waals surface area (Å²) in [5.74, 6) is -5.49. The Balaban J connectivity index is 1.26. The summed E-state index contributed by atoms with van der Waals surface area (Å²) in [5.41, 5.74) is -2.96. The highest BCUT2D eigenvalue weighted by atomic mass is 32.2. The van der Waals surface area contributed by atoms with Crippen molar-refractivity contribution >= 4 is 44.6 Å². The number of nitrogens with zero attached hydrogens (tertiary/aromatic N) is 2. The quantitative estimate of drug-likeness (QED) is 0.247. The van der Waals surface area contributed by atoms with Crippen molar-refractivity contribution in [3.8, 4) is 17.5 Å². The van der Waals surface area contributed by atoms with Crippen molar-refractivity contribution in [3.05, 3.63) is 35.9 Å². The van der Waals surface area contributed by atoms with E-state index in [-0.39, 0.29) is 31.2 Å². The Bertz CT molecular complexity index is 2250. The number of alkyl carbamates (subject to hydrolysis) is 1. The number of fused-ring (bicyclic) bond motifs is 5. The average Bonchev–Trinajstić information content (AvgIpc) is 4.09. The van der Waals surface area contributed by atoms with Crippen molar-refractivity contribution in [1.29, 1.82) is 0 Å². The smallest absolute Gasteiger partial charge is 0.408 e. The van der Waals surface area contributed by atoms with Crippen molar-refractivity contribution in [2.45, 2.75) is 146 Å². The summed E-state index contributed by atoms with van der Waals surface area (Å²) < 4.78 is 80.1. The lowest BCUT2D eigenvalue weighted by Gasteiger charge is -2.35. The summed E-state index contributed by atoms with van der Waals surface area (Å²) in [6.07, 6.45) is 6.11. The molecule has 62 heavy (non-hydrogen) atoms.